The lowest BCUT2D eigenvalue weighted by Gasteiger charge is -2.06. The molecule has 0 spiro atoms. The molecule has 0 aliphatic rings. The highest BCUT2D eigenvalue weighted by Gasteiger charge is 1.97. The lowest BCUT2D eigenvalue weighted by atomic mass is 10.1. The van der Waals surface area contributed by atoms with Gasteiger partial charge in [-0.05, 0) is 65.9 Å². The van der Waals surface area contributed by atoms with Crippen molar-refractivity contribution >= 4 is 0 Å². The fourth-order valence-corrected chi connectivity index (χ4v) is 2.16. The third-order valence-electron chi connectivity index (χ3n) is 3.59. The number of allylic oxidation sites excluding steroid dienone is 7. The molecule has 1 N–H and O–H groups in total. The van der Waals surface area contributed by atoms with Gasteiger partial charge < -0.3 is 9.84 Å². The molecule has 22 heavy (non-hydrogen) atoms. The summed E-state index contributed by atoms with van der Waals surface area (Å²) >= 11 is 0. The summed E-state index contributed by atoms with van der Waals surface area (Å²) in [5.74, 6) is 1.06. The topological polar surface area (TPSA) is 29.5 Å². The zero-order valence-electron chi connectivity index (χ0n) is 15.1. The Morgan fingerprint density at radius 1 is 0.773 bits per heavy atom. The van der Waals surface area contributed by atoms with E-state index in [2.05, 4.69) is 45.9 Å². The quantitative estimate of drug-likeness (QED) is 0.391. The van der Waals surface area contributed by atoms with Crippen molar-refractivity contribution in [1.29, 1.82) is 0 Å². The van der Waals surface area contributed by atoms with Gasteiger partial charge >= 0.3 is 0 Å². The van der Waals surface area contributed by atoms with E-state index in [0.717, 1.165) is 44.3 Å². The van der Waals surface area contributed by atoms with Crippen LogP contribution in [0, 0.1) is 0 Å². The van der Waals surface area contributed by atoms with Crippen LogP contribution in [-0.2, 0) is 4.74 Å². The lowest BCUT2D eigenvalue weighted by Crippen LogP contribution is -1.88. The SMILES string of the molecule is CO/C(=C\CC/C(C)=C/CO)CC/C=C(\C)CCC=C(C)C. The first-order valence-corrected chi connectivity index (χ1v) is 8.28. The van der Waals surface area contributed by atoms with Crippen molar-refractivity contribution in [2.75, 3.05) is 13.7 Å². The number of hydrogen-bond donors (Lipinski definition) is 1. The largest absolute Gasteiger partial charge is 0.501 e. The van der Waals surface area contributed by atoms with Crippen LogP contribution in [0.4, 0.5) is 0 Å². The van der Waals surface area contributed by atoms with Crippen LogP contribution in [0.5, 0.6) is 0 Å². The van der Waals surface area contributed by atoms with Crippen LogP contribution in [0.25, 0.3) is 0 Å². The number of hydrogen-bond acceptors (Lipinski definition) is 2. The second kappa shape index (κ2) is 13.4. The molecule has 0 atom stereocenters. The fourth-order valence-electron chi connectivity index (χ4n) is 2.16. The van der Waals surface area contributed by atoms with Crippen LogP contribution < -0.4 is 0 Å². The Kier molecular flexibility index (Phi) is 12.6. The van der Waals surface area contributed by atoms with Crippen molar-refractivity contribution in [3.8, 4) is 0 Å². The first-order valence-electron chi connectivity index (χ1n) is 8.28. The lowest BCUT2D eigenvalue weighted by molar-refractivity contribution is 0.276. The molecule has 0 aromatic heterocycles. The first kappa shape index (κ1) is 20.7. The van der Waals surface area contributed by atoms with Crippen molar-refractivity contribution in [3.05, 3.63) is 46.8 Å². The van der Waals surface area contributed by atoms with E-state index in [9.17, 15) is 0 Å². The van der Waals surface area contributed by atoms with Crippen LogP contribution in [0.1, 0.15) is 66.2 Å². The van der Waals surface area contributed by atoms with Gasteiger partial charge in [0.15, 0.2) is 0 Å². The van der Waals surface area contributed by atoms with Crippen molar-refractivity contribution in [2.45, 2.75) is 66.2 Å². The minimum atomic E-state index is 0.128. The number of ether oxygens (including phenoxy) is 1. The average Bonchev–Trinajstić information content (AvgIpc) is 2.45. The van der Waals surface area contributed by atoms with Gasteiger partial charge in [-0.2, -0.15) is 0 Å². The highest BCUT2D eigenvalue weighted by atomic mass is 16.5. The van der Waals surface area contributed by atoms with E-state index in [1.54, 1.807) is 7.11 Å². The summed E-state index contributed by atoms with van der Waals surface area (Å²) < 4.78 is 5.44. The molecule has 0 aromatic carbocycles. The maximum absolute atomic E-state index is 8.82. The van der Waals surface area contributed by atoms with Crippen LogP contribution in [0.15, 0.2) is 46.8 Å². The highest BCUT2D eigenvalue weighted by Crippen LogP contribution is 2.14. The van der Waals surface area contributed by atoms with E-state index in [1.807, 2.05) is 6.08 Å². The van der Waals surface area contributed by atoms with Crippen LogP contribution in [0.3, 0.4) is 0 Å². The van der Waals surface area contributed by atoms with Crippen LogP contribution in [-0.4, -0.2) is 18.8 Å². The summed E-state index contributed by atoms with van der Waals surface area (Å²) in [7, 11) is 1.74. The van der Waals surface area contributed by atoms with Crippen LogP contribution >= 0.6 is 0 Å². The normalized spacial score (nSPS) is 13.3. The second-order valence-electron chi connectivity index (χ2n) is 6.06. The predicted octanol–water partition coefficient (Wildman–Crippen LogP) is 5.71. The van der Waals surface area contributed by atoms with Crippen molar-refractivity contribution in [1.82, 2.24) is 0 Å². The number of rotatable bonds is 11. The molecule has 0 aromatic rings. The summed E-state index contributed by atoms with van der Waals surface area (Å²) in [5.41, 5.74) is 4.07. The molecule has 0 aliphatic carbocycles. The third-order valence-corrected chi connectivity index (χ3v) is 3.59. The Balaban J connectivity index is 4.12. The summed E-state index contributed by atoms with van der Waals surface area (Å²) in [6.07, 6.45) is 14.9. The molecule has 0 rings (SSSR count). The highest BCUT2D eigenvalue weighted by molar-refractivity contribution is 5.05. The van der Waals surface area contributed by atoms with E-state index in [1.165, 1.54) is 16.7 Å². The van der Waals surface area contributed by atoms with E-state index < -0.39 is 0 Å². The zero-order valence-corrected chi connectivity index (χ0v) is 15.1. The summed E-state index contributed by atoms with van der Waals surface area (Å²) in [4.78, 5) is 0. The Hall–Kier alpha value is -1.28. The molecule has 2 heteroatoms. The molecule has 0 radical (unpaired) electrons. The molecular formula is C20H34O2. The van der Waals surface area contributed by atoms with Gasteiger partial charge in [0, 0.05) is 6.42 Å². The van der Waals surface area contributed by atoms with Crippen molar-refractivity contribution in [2.24, 2.45) is 0 Å². The van der Waals surface area contributed by atoms with Gasteiger partial charge in [-0.15, -0.1) is 0 Å². The molecule has 0 saturated heterocycles. The Morgan fingerprint density at radius 3 is 1.86 bits per heavy atom. The average molecular weight is 306 g/mol. The molecule has 0 saturated carbocycles. The maximum atomic E-state index is 8.82. The van der Waals surface area contributed by atoms with Crippen molar-refractivity contribution < 1.29 is 9.84 Å². The molecule has 0 bridgehead atoms. The summed E-state index contributed by atoms with van der Waals surface area (Å²) in [6.45, 7) is 8.68. The summed E-state index contributed by atoms with van der Waals surface area (Å²) in [6, 6.07) is 0. The molecule has 2 nitrogen and oxygen atoms in total. The smallest absolute Gasteiger partial charge is 0.0918 e. The number of aliphatic hydroxyl groups is 1. The van der Waals surface area contributed by atoms with E-state index in [4.69, 9.17) is 9.84 Å². The van der Waals surface area contributed by atoms with Crippen molar-refractivity contribution in [3.63, 3.8) is 0 Å². The second-order valence-corrected chi connectivity index (χ2v) is 6.06. The zero-order chi connectivity index (χ0) is 16.8. The Bertz CT molecular complexity index is 407. The predicted molar refractivity (Wildman–Crippen MR) is 96.8 cm³/mol. The first-order chi connectivity index (χ1) is 10.5. The number of aliphatic hydroxyl groups excluding tert-OH is 1. The van der Waals surface area contributed by atoms with Gasteiger partial charge in [0.2, 0.25) is 0 Å². The number of methoxy groups -OCH3 is 1. The van der Waals surface area contributed by atoms with Gasteiger partial charge in [-0.1, -0.05) is 34.9 Å². The van der Waals surface area contributed by atoms with Crippen LogP contribution in [0.2, 0.25) is 0 Å². The van der Waals surface area contributed by atoms with E-state index in [-0.39, 0.29) is 6.61 Å². The maximum Gasteiger partial charge on any atom is 0.0918 e. The monoisotopic (exact) mass is 306 g/mol. The molecule has 0 heterocycles. The van der Waals surface area contributed by atoms with Gasteiger partial charge in [0.05, 0.1) is 19.5 Å². The van der Waals surface area contributed by atoms with Gasteiger partial charge in [0.25, 0.3) is 0 Å². The van der Waals surface area contributed by atoms with E-state index in [0.29, 0.717) is 0 Å². The Morgan fingerprint density at radius 2 is 1.32 bits per heavy atom. The summed E-state index contributed by atoms with van der Waals surface area (Å²) in [5, 5.41) is 8.82. The van der Waals surface area contributed by atoms with Gasteiger partial charge in [0.1, 0.15) is 0 Å². The Labute approximate surface area is 137 Å². The fraction of sp³-hybridized carbons (Fsp3) is 0.600. The standard InChI is InChI=1S/C20H34O2/c1-17(2)9-6-10-18(3)11-7-13-20(22-5)14-8-12-19(4)15-16-21/h9,11,14-15,21H,6-8,10,12-13,16H2,1-5H3/b18-11+,19-15+,20-14-. The molecule has 0 amide bonds. The minimum absolute atomic E-state index is 0.128. The molecule has 0 aliphatic heterocycles. The van der Waals surface area contributed by atoms with E-state index >= 15 is 0 Å². The van der Waals surface area contributed by atoms with Gasteiger partial charge in [-0.3, -0.25) is 0 Å². The van der Waals surface area contributed by atoms with Gasteiger partial charge in [-0.25, -0.2) is 0 Å². The molecular weight excluding hydrogens is 272 g/mol. The molecule has 0 unspecified atom stereocenters. The molecule has 126 valence electrons. The molecule has 0 fully saturated rings. The minimum Gasteiger partial charge on any atom is -0.501 e. The third kappa shape index (κ3) is 12.5.